The van der Waals surface area contributed by atoms with E-state index in [9.17, 15) is 8.78 Å². The smallest absolute Gasteiger partial charge is 0.205 e. The van der Waals surface area contributed by atoms with Crippen LogP contribution in [0.3, 0.4) is 0 Å². The first-order valence-electron chi connectivity index (χ1n) is 4.03. The van der Waals surface area contributed by atoms with Crippen LogP contribution >= 0.6 is 27.3 Å². The Morgan fingerprint density at radius 2 is 2.13 bits per heavy atom. The highest BCUT2D eigenvalue weighted by Crippen LogP contribution is 2.38. The fraction of sp³-hybridized carbons (Fsp3) is 0.100. The Hall–Kier alpha value is -0.990. The minimum Gasteiger partial charge on any atom is -0.205 e. The molecule has 0 spiro atoms. The first-order valence-corrected chi connectivity index (χ1v) is 5.64. The predicted molar refractivity (Wildman–Crippen MR) is 59.2 cm³/mol. The molecule has 15 heavy (non-hydrogen) atoms. The number of thiophene rings is 1. The minimum atomic E-state index is -2.60. The summed E-state index contributed by atoms with van der Waals surface area (Å²) < 4.78 is 27.0. The highest BCUT2D eigenvalue weighted by molar-refractivity contribution is 9.10. The molecule has 0 bridgehead atoms. The van der Waals surface area contributed by atoms with Gasteiger partial charge < -0.3 is 0 Å². The molecule has 1 nitrogen and oxygen atoms in total. The Kier molecular flexibility index (Phi) is 2.72. The van der Waals surface area contributed by atoms with E-state index in [2.05, 4.69) is 15.9 Å². The van der Waals surface area contributed by atoms with Gasteiger partial charge in [-0.2, -0.15) is 5.26 Å². The van der Waals surface area contributed by atoms with Crippen LogP contribution in [0.25, 0.3) is 10.1 Å². The van der Waals surface area contributed by atoms with Crippen molar-refractivity contribution in [3.05, 3.63) is 33.1 Å². The van der Waals surface area contributed by atoms with Gasteiger partial charge >= 0.3 is 0 Å². The number of alkyl halides is 2. The van der Waals surface area contributed by atoms with Gasteiger partial charge in [-0.15, -0.1) is 11.3 Å². The third-order valence-corrected chi connectivity index (χ3v) is 3.58. The molecule has 2 rings (SSSR count). The summed E-state index contributed by atoms with van der Waals surface area (Å²) in [5.41, 5.74) is -0.148. The Morgan fingerprint density at radius 3 is 2.73 bits per heavy atom. The van der Waals surface area contributed by atoms with Crippen LogP contribution in [0.15, 0.2) is 22.7 Å². The molecule has 1 heterocycles. The molecule has 1 aromatic carbocycles. The first kappa shape index (κ1) is 10.5. The van der Waals surface area contributed by atoms with Crippen molar-refractivity contribution in [2.45, 2.75) is 6.43 Å². The summed E-state index contributed by atoms with van der Waals surface area (Å²) in [4.78, 5) is 0.0955. The number of hydrogen-bond donors (Lipinski definition) is 0. The topological polar surface area (TPSA) is 23.8 Å². The summed E-state index contributed by atoms with van der Waals surface area (Å²) in [6, 6.07) is 6.86. The first-order chi connectivity index (χ1) is 7.13. The van der Waals surface area contributed by atoms with E-state index < -0.39 is 6.43 Å². The van der Waals surface area contributed by atoms with Crippen molar-refractivity contribution in [1.29, 1.82) is 5.26 Å². The van der Waals surface area contributed by atoms with Gasteiger partial charge in [-0.3, -0.25) is 0 Å². The molecule has 0 fully saturated rings. The Morgan fingerprint density at radius 1 is 1.40 bits per heavy atom. The fourth-order valence-electron chi connectivity index (χ4n) is 1.39. The Labute approximate surface area is 97.1 Å². The summed E-state index contributed by atoms with van der Waals surface area (Å²) in [7, 11) is 0. The standard InChI is InChI=1S/C10H4BrF2NS/c11-5-1-2-6-7(3-5)15-8(4-14)9(6)10(12)13/h1-3,10H. The molecule has 0 aliphatic heterocycles. The van der Waals surface area contributed by atoms with Crippen LogP contribution in [0.1, 0.15) is 16.9 Å². The zero-order valence-corrected chi connectivity index (χ0v) is 9.70. The van der Waals surface area contributed by atoms with Crippen molar-refractivity contribution in [3.63, 3.8) is 0 Å². The molecule has 0 saturated carbocycles. The van der Waals surface area contributed by atoms with E-state index in [0.717, 1.165) is 15.8 Å². The number of benzene rings is 1. The molecule has 76 valence electrons. The van der Waals surface area contributed by atoms with E-state index >= 15 is 0 Å². The second-order valence-electron chi connectivity index (χ2n) is 2.90. The second kappa shape index (κ2) is 3.87. The van der Waals surface area contributed by atoms with E-state index in [1.807, 2.05) is 6.07 Å². The zero-order chi connectivity index (χ0) is 11.0. The molecular weight excluding hydrogens is 284 g/mol. The van der Waals surface area contributed by atoms with Gasteiger partial charge in [0.05, 0.1) is 5.56 Å². The monoisotopic (exact) mass is 287 g/mol. The van der Waals surface area contributed by atoms with Crippen LogP contribution in [0.4, 0.5) is 8.78 Å². The zero-order valence-electron chi connectivity index (χ0n) is 7.30. The quantitative estimate of drug-likeness (QED) is 0.759. The molecule has 2 aromatic rings. The Bertz CT molecular complexity index is 556. The molecule has 0 amide bonds. The average molecular weight is 288 g/mol. The van der Waals surface area contributed by atoms with Crippen molar-refractivity contribution in [2.24, 2.45) is 0 Å². The third kappa shape index (κ3) is 1.75. The van der Waals surface area contributed by atoms with Crippen LogP contribution in [-0.2, 0) is 0 Å². The lowest BCUT2D eigenvalue weighted by Crippen LogP contribution is -1.84. The van der Waals surface area contributed by atoms with Crippen LogP contribution < -0.4 is 0 Å². The van der Waals surface area contributed by atoms with E-state index in [0.29, 0.717) is 10.1 Å². The summed E-state index contributed by atoms with van der Waals surface area (Å²) in [5, 5.41) is 9.22. The largest absolute Gasteiger partial charge is 0.266 e. The molecule has 1 aromatic heterocycles. The highest BCUT2D eigenvalue weighted by Gasteiger charge is 2.19. The summed E-state index contributed by atoms with van der Waals surface area (Å²) >= 11 is 4.36. The number of halogens is 3. The molecular formula is C10H4BrF2NS. The van der Waals surface area contributed by atoms with Crippen molar-refractivity contribution >= 4 is 37.4 Å². The van der Waals surface area contributed by atoms with Crippen molar-refractivity contribution < 1.29 is 8.78 Å². The van der Waals surface area contributed by atoms with E-state index in [1.54, 1.807) is 18.2 Å². The number of nitriles is 1. The van der Waals surface area contributed by atoms with E-state index in [-0.39, 0.29) is 10.4 Å². The van der Waals surface area contributed by atoms with Gasteiger partial charge in [0.2, 0.25) is 0 Å². The lowest BCUT2D eigenvalue weighted by molar-refractivity contribution is 0.153. The number of fused-ring (bicyclic) bond motifs is 1. The van der Waals surface area contributed by atoms with Crippen molar-refractivity contribution in [2.75, 3.05) is 0 Å². The van der Waals surface area contributed by atoms with Crippen LogP contribution in [-0.4, -0.2) is 0 Å². The van der Waals surface area contributed by atoms with Gasteiger partial charge in [-0.1, -0.05) is 22.0 Å². The summed E-state index contributed by atoms with van der Waals surface area (Å²) in [5.74, 6) is 0. The van der Waals surface area contributed by atoms with Gasteiger partial charge in [0.15, 0.2) is 0 Å². The van der Waals surface area contributed by atoms with Gasteiger partial charge in [-0.25, -0.2) is 8.78 Å². The van der Waals surface area contributed by atoms with Crippen LogP contribution in [0.2, 0.25) is 0 Å². The maximum atomic E-state index is 12.7. The van der Waals surface area contributed by atoms with Gasteiger partial charge in [0.1, 0.15) is 10.9 Å². The van der Waals surface area contributed by atoms with Crippen molar-refractivity contribution in [1.82, 2.24) is 0 Å². The SMILES string of the molecule is N#Cc1sc2cc(Br)ccc2c1C(F)F. The highest BCUT2D eigenvalue weighted by atomic mass is 79.9. The van der Waals surface area contributed by atoms with E-state index in [4.69, 9.17) is 5.26 Å². The average Bonchev–Trinajstić information content (AvgIpc) is 2.54. The summed E-state index contributed by atoms with van der Waals surface area (Å²) in [6.07, 6.45) is -2.60. The lowest BCUT2D eigenvalue weighted by atomic mass is 10.1. The Balaban J connectivity index is 2.82. The van der Waals surface area contributed by atoms with Crippen LogP contribution in [0, 0.1) is 11.3 Å². The maximum Gasteiger partial charge on any atom is 0.266 e. The lowest BCUT2D eigenvalue weighted by Gasteiger charge is -1.97. The number of nitrogens with zero attached hydrogens (tertiary/aromatic N) is 1. The summed E-state index contributed by atoms with van der Waals surface area (Å²) in [6.45, 7) is 0. The van der Waals surface area contributed by atoms with Gasteiger partial charge in [0.25, 0.3) is 6.43 Å². The molecule has 0 atom stereocenters. The van der Waals surface area contributed by atoms with Gasteiger partial charge in [0, 0.05) is 14.6 Å². The molecule has 5 heteroatoms. The van der Waals surface area contributed by atoms with Crippen molar-refractivity contribution in [3.8, 4) is 6.07 Å². The maximum absolute atomic E-state index is 12.7. The number of hydrogen-bond acceptors (Lipinski definition) is 2. The molecule has 0 aliphatic rings. The molecule has 0 saturated heterocycles. The van der Waals surface area contributed by atoms with E-state index in [1.165, 1.54) is 0 Å². The minimum absolute atomic E-state index is 0.0955. The van der Waals surface area contributed by atoms with Gasteiger partial charge in [-0.05, 0) is 12.1 Å². The molecule has 0 radical (unpaired) electrons. The molecule has 0 N–H and O–H groups in total. The number of rotatable bonds is 1. The predicted octanol–water partition coefficient (Wildman–Crippen LogP) is 4.47. The fourth-order valence-corrected chi connectivity index (χ4v) is 2.95. The van der Waals surface area contributed by atoms with Crippen LogP contribution in [0.5, 0.6) is 0 Å². The molecule has 0 unspecified atom stereocenters. The normalized spacial score (nSPS) is 10.9. The third-order valence-electron chi connectivity index (χ3n) is 2.01. The molecule has 0 aliphatic carbocycles. The second-order valence-corrected chi connectivity index (χ2v) is 4.87.